The molecule has 0 bridgehead atoms. The standard InChI is InChI=1S/C17H23N5O4S3/c23-15(22-6-4-21(5-7-22)13-3-9-29(24,25)12-13)11-27-17-20-19-16(28-17)18-10-14-2-1-8-26-14/h1-2,8,13H,3-7,9-12H2,(H,18,19). The minimum atomic E-state index is -2.88. The molecule has 2 saturated heterocycles. The van der Waals surface area contributed by atoms with Crippen LogP contribution in [0.3, 0.4) is 0 Å². The van der Waals surface area contributed by atoms with Crippen molar-refractivity contribution in [2.24, 2.45) is 0 Å². The minimum Gasteiger partial charge on any atom is -0.467 e. The molecule has 1 unspecified atom stereocenters. The largest absolute Gasteiger partial charge is 0.467 e. The second-order valence-electron chi connectivity index (χ2n) is 7.07. The molecule has 4 rings (SSSR count). The van der Waals surface area contributed by atoms with Gasteiger partial charge in [-0.3, -0.25) is 9.69 Å². The molecule has 2 fully saturated rings. The van der Waals surface area contributed by atoms with Crippen molar-refractivity contribution in [3.8, 4) is 0 Å². The van der Waals surface area contributed by atoms with Crippen LogP contribution in [-0.2, 0) is 21.2 Å². The molecule has 1 amide bonds. The zero-order chi connectivity index (χ0) is 20.3. The van der Waals surface area contributed by atoms with Gasteiger partial charge in [-0.05, 0) is 18.6 Å². The number of hydrogen-bond donors (Lipinski definition) is 1. The summed E-state index contributed by atoms with van der Waals surface area (Å²) in [7, 11) is -2.88. The predicted octanol–water partition coefficient (Wildman–Crippen LogP) is 1.17. The van der Waals surface area contributed by atoms with Crippen molar-refractivity contribution in [2.75, 3.05) is 48.8 Å². The first-order chi connectivity index (χ1) is 14.0. The van der Waals surface area contributed by atoms with E-state index in [1.807, 2.05) is 17.0 Å². The number of rotatable bonds is 7. The van der Waals surface area contributed by atoms with Crippen molar-refractivity contribution >= 4 is 44.0 Å². The van der Waals surface area contributed by atoms with Crippen LogP contribution in [0.1, 0.15) is 12.2 Å². The molecule has 2 aliphatic rings. The van der Waals surface area contributed by atoms with Crippen molar-refractivity contribution < 1.29 is 17.6 Å². The molecule has 0 spiro atoms. The maximum absolute atomic E-state index is 12.5. The Morgan fingerprint density at radius 2 is 2.14 bits per heavy atom. The lowest BCUT2D eigenvalue weighted by molar-refractivity contribution is -0.130. The molecule has 2 aromatic rings. The van der Waals surface area contributed by atoms with Gasteiger partial charge in [0.25, 0.3) is 0 Å². The van der Waals surface area contributed by atoms with Crippen LogP contribution in [0.2, 0.25) is 0 Å². The van der Waals surface area contributed by atoms with Gasteiger partial charge >= 0.3 is 0 Å². The van der Waals surface area contributed by atoms with E-state index in [0.717, 1.165) is 23.2 Å². The molecule has 158 valence electrons. The highest BCUT2D eigenvalue weighted by atomic mass is 32.2. The molecule has 0 saturated carbocycles. The number of carbonyl (C=O) groups is 1. The van der Waals surface area contributed by atoms with E-state index in [0.29, 0.717) is 36.9 Å². The van der Waals surface area contributed by atoms with Crippen LogP contribution in [0, 0.1) is 0 Å². The van der Waals surface area contributed by atoms with E-state index in [9.17, 15) is 13.2 Å². The van der Waals surface area contributed by atoms with E-state index in [1.54, 1.807) is 6.26 Å². The van der Waals surface area contributed by atoms with Crippen LogP contribution in [0.4, 0.5) is 5.13 Å². The zero-order valence-corrected chi connectivity index (χ0v) is 18.3. The Morgan fingerprint density at radius 3 is 2.83 bits per heavy atom. The summed E-state index contributed by atoms with van der Waals surface area (Å²) in [6.45, 7) is 3.29. The molecule has 0 aliphatic carbocycles. The smallest absolute Gasteiger partial charge is 0.233 e. The van der Waals surface area contributed by atoms with Gasteiger partial charge in [0.15, 0.2) is 14.2 Å². The third-order valence-electron chi connectivity index (χ3n) is 5.11. The van der Waals surface area contributed by atoms with Crippen molar-refractivity contribution in [3.63, 3.8) is 0 Å². The van der Waals surface area contributed by atoms with Crippen LogP contribution in [0.5, 0.6) is 0 Å². The average molecular weight is 458 g/mol. The molecule has 4 heterocycles. The number of amides is 1. The molecular weight excluding hydrogens is 434 g/mol. The number of carbonyl (C=O) groups excluding carboxylic acids is 1. The first-order valence-electron chi connectivity index (χ1n) is 9.43. The molecule has 0 aromatic carbocycles. The molecule has 2 aromatic heterocycles. The first-order valence-corrected chi connectivity index (χ1v) is 13.1. The van der Waals surface area contributed by atoms with Gasteiger partial charge in [-0.15, -0.1) is 10.2 Å². The highest BCUT2D eigenvalue weighted by Crippen LogP contribution is 2.26. The van der Waals surface area contributed by atoms with E-state index in [2.05, 4.69) is 20.4 Å². The predicted molar refractivity (Wildman–Crippen MR) is 112 cm³/mol. The fourth-order valence-electron chi connectivity index (χ4n) is 3.53. The molecule has 1 atom stereocenters. The monoisotopic (exact) mass is 457 g/mol. The van der Waals surface area contributed by atoms with Crippen LogP contribution in [0.25, 0.3) is 0 Å². The lowest BCUT2D eigenvalue weighted by atomic mass is 10.2. The fraction of sp³-hybridized carbons (Fsp3) is 0.588. The molecule has 2 aliphatic heterocycles. The van der Waals surface area contributed by atoms with E-state index in [1.165, 1.54) is 23.1 Å². The second-order valence-corrected chi connectivity index (χ2v) is 11.5. The molecule has 9 nitrogen and oxygen atoms in total. The third-order valence-corrected chi connectivity index (χ3v) is 8.86. The summed E-state index contributed by atoms with van der Waals surface area (Å²) in [5.41, 5.74) is 0. The number of aromatic nitrogens is 2. The molecular formula is C17H23N5O4S3. The lowest BCUT2D eigenvalue weighted by Crippen LogP contribution is -2.52. The maximum atomic E-state index is 12.5. The van der Waals surface area contributed by atoms with Gasteiger partial charge in [0.05, 0.1) is 30.1 Å². The Labute approximate surface area is 177 Å². The van der Waals surface area contributed by atoms with Crippen LogP contribution >= 0.6 is 23.1 Å². The van der Waals surface area contributed by atoms with Crippen LogP contribution in [-0.4, -0.2) is 83.8 Å². The summed E-state index contributed by atoms with van der Waals surface area (Å²) < 4.78 is 29.3. The molecule has 12 heteroatoms. The number of piperazine rings is 1. The Bertz CT molecular complexity index is 923. The fourth-order valence-corrected chi connectivity index (χ4v) is 6.94. The summed E-state index contributed by atoms with van der Waals surface area (Å²) in [6.07, 6.45) is 2.33. The van der Waals surface area contributed by atoms with Gasteiger partial charge in [0.2, 0.25) is 11.0 Å². The topological polar surface area (TPSA) is 109 Å². The van der Waals surface area contributed by atoms with Crippen molar-refractivity contribution in [3.05, 3.63) is 24.2 Å². The van der Waals surface area contributed by atoms with Gasteiger partial charge in [-0.25, -0.2) is 8.42 Å². The first kappa shape index (κ1) is 20.6. The van der Waals surface area contributed by atoms with E-state index in [4.69, 9.17) is 4.42 Å². The SMILES string of the molecule is O=C(CSc1nnc(NCc2ccco2)s1)N1CCN(C2CCS(=O)(=O)C2)CC1. The highest BCUT2D eigenvalue weighted by Gasteiger charge is 2.34. The minimum absolute atomic E-state index is 0.0778. The number of furan rings is 1. The Morgan fingerprint density at radius 1 is 1.31 bits per heavy atom. The van der Waals surface area contributed by atoms with Crippen LogP contribution in [0.15, 0.2) is 27.2 Å². The maximum Gasteiger partial charge on any atom is 0.233 e. The van der Waals surface area contributed by atoms with Gasteiger partial charge in [0.1, 0.15) is 5.76 Å². The van der Waals surface area contributed by atoms with Crippen LogP contribution < -0.4 is 5.32 Å². The van der Waals surface area contributed by atoms with E-state index < -0.39 is 9.84 Å². The van der Waals surface area contributed by atoms with Gasteiger partial charge < -0.3 is 14.6 Å². The Kier molecular flexibility index (Phi) is 6.42. The molecule has 29 heavy (non-hydrogen) atoms. The van der Waals surface area contributed by atoms with Crippen molar-refractivity contribution in [2.45, 2.75) is 23.3 Å². The number of thioether (sulfide) groups is 1. The Balaban J connectivity index is 1.19. The quantitative estimate of drug-likeness (QED) is 0.613. The van der Waals surface area contributed by atoms with Gasteiger partial charge in [-0.2, -0.15) is 0 Å². The average Bonchev–Trinajstić information content (AvgIpc) is 3.46. The summed E-state index contributed by atoms with van der Waals surface area (Å²) in [5, 5.41) is 12.0. The number of hydrogen-bond acceptors (Lipinski definition) is 10. The zero-order valence-electron chi connectivity index (χ0n) is 15.8. The molecule has 0 radical (unpaired) electrons. The lowest BCUT2D eigenvalue weighted by Gasteiger charge is -2.37. The molecule has 1 N–H and O–H groups in total. The summed E-state index contributed by atoms with van der Waals surface area (Å²) >= 11 is 2.80. The highest BCUT2D eigenvalue weighted by molar-refractivity contribution is 8.01. The summed E-state index contributed by atoms with van der Waals surface area (Å²) in [6, 6.07) is 3.83. The third kappa shape index (κ3) is 5.50. The van der Waals surface area contributed by atoms with E-state index in [-0.39, 0.29) is 23.5 Å². The summed E-state index contributed by atoms with van der Waals surface area (Å²) in [4.78, 5) is 16.6. The van der Waals surface area contributed by atoms with Gasteiger partial charge in [0, 0.05) is 32.2 Å². The number of anilines is 1. The second kappa shape index (κ2) is 9.02. The number of sulfone groups is 1. The Hall–Kier alpha value is -1.63. The van der Waals surface area contributed by atoms with Crippen molar-refractivity contribution in [1.29, 1.82) is 0 Å². The summed E-state index contributed by atoms with van der Waals surface area (Å²) in [5.74, 6) is 1.76. The number of nitrogens with zero attached hydrogens (tertiary/aromatic N) is 4. The normalized spacial score (nSPS) is 22.1. The van der Waals surface area contributed by atoms with Crippen molar-refractivity contribution in [1.82, 2.24) is 20.0 Å². The van der Waals surface area contributed by atoms with Gasteiger partial charge in [-0.1, -0.05) is 23.1 Å². The number of nitrogens with one attached hydrogen (secondary N) is 1. The van der Waals surface area contributed by atoms with E-state index >= 15 is 0 Å².